The lowest BCUT2D eigenvalue weighted by atomic mass is 10.1. The van der Waals surface area contributed by atoms with Crippen molar-refractivity contribution in [1.29, 1.82) is 0 Å². The summed E-state index contributed by atoms with van der Waals surface area (Å²) in [6.45, 7) is 6.80. The molecule has 0 atom stereocenters. The van der Waals surface area contributed by atoms with Gasteiger partial charge < -0.3 is 5.32 Å². The van der Waals surface area contributed by atoms with Crippen molar-refractivity contribution in [3.8, 4) is 0 Å². The van der Waals surface area contributed by atoms with Crippen molar-refractivity contribution in [1.82, 2.24) is 5.32 Å². The number of thiophene rings is 1. The fraction of sp³-hybridized carbons (Fsp3) is 0.714. The number of hydrogen-bond acceptors (Lipinski definition) is 2. The Kier molecular flexibility index (Phi) is 8.56. The van der Waals surface area contributed by atoms with Crippen LogP contribution in [0.2, 0.25) is 5.02 Å². The van der Waals surface area contributed by atoms with E-state index in [1.807, 2.05) is 0 Å². The first kappa shape index (κ1) is 16.5. The summed E-state index contributed by atoms with van der Waals surface area (Å²) in [5.41, 5.74) is 0. The average molecular weight is 353 g/mol. The predicted molar refractivity (Wildman–Crippen MR) is 86.9 cm³/mol. The smallest absolute Gasteiger partial charge is 0.0887 e. The van der Waals surface area contributed by atoms with Gasteiger partial charge in [-0.05, 0) is 60.3 Å². The number of nitrogens with one attached hydrogen (secondary N) is 1. The Morgan fingerprint density at radius 2 is 2.00 bits per heavy atom. The number of rotatable bonds is 9. The molecule has 0 amide bonds. The molecule has 1 aromatic heterocycles. The predicted octanol–water partition coefficient (Wildman–Crippen LogP) is 5.51. The molecule has 0 bridgehead atoms. The summed E-state index contributed by atoms with van der Waals surface area (Å²) in [7, 11) is 0. The van der Waals surface area contributed by atoms with Crippen LogP contribution in [-0.2, 0) is 6.42 Å². The van der Waals surface area contributed by atoms with Crippen LogP contribution in [0.25, 0.3) is 0 Å². The highest BCUT2D eigenvalue weighted by Gasteiger charge is 2.03. The molecule has 0 spiro atoms. The first-order valence-corrected chi connectivity index (χ1v) is 8.72. The van der Waals surface area contributed by atoms with Crippen LogP contribution in [0.5, 0.6) is 0 Å². The molecular formula is C14H23BrClNS. The summed E-state index contributed by atoms with van der Waals surface area (Å²) in [6, 6.07) is 2.08. The van der Waals surface area contributed by atoms with Gasteiger partial charge in [-0.1, -0.05) is 38.3 Å². The van der Waals surface area contributed by atoms with E-state index in [2.05, 4.69) is 41.2 Å². The van der Waals surface area contributed by atoms with Gasteiger partial charge in [-0.25, -0.2) is 0 Å². The second-order valence-corrected chi connectivity index (χ2v) is 7.96. The van der Waals surface area contributed by atoms with Crippen LogP contribution in [0, 0.1) is 5.92 Å². The molecule has 0 aliphatic rings. The summed E-state index contributed by atoms with van der Waals surface area (Å²) in [5, 5.41) is 4.34. The molecule has 1 heterocycles. The molecule has 1 rings (SSSR count). The highest BCUT2D eigenvalue weighted by molar-refractivity contribution is 9.11. The highest BCUT2D eigenvalue weighted by atomic mass is 79.9. The van der Waals surface area contributed by atoms with E-state index in [4.69, 9.17) is 11.6 Å². The molecule has 0 unspecified atom stereocenters. The van der Waals surface area contributed by atoms with Crippen molar-refractivity contribution in [3.63, 3.8) is 0 Å². The van der Waals surface area contributed by atoms with Crippen molar-refractivity contribution in [2.75, 3.05) is 13.1 Å². The molecule has 18 heavy (non-hydrogen) atoms. The molecule has 0 fully saturated rings. The normalized spacial score (nSPS) is 11.4. The molecule has 1 N–H and O–H groups in total. The maximum Gasteiger partial charge on any atom is 0.0887 e. The van der Waals surface area contributed by atoms with E-state index in [1.54, 1.807) is 11.3 Å². The molecule has 0 aliphatic heterocycles. The van der Waals surface area contributed by atoms with Crippen LogP contribution in [0.3, 0.4) is 0 Å². The Bertz CT molecular complexity index is 319. The Morgan fingerprint density at radius 3 is 2.61 bits per heavy atom. The lowest BCUT2D eigenvalue weighted by molar-refractivity contribution is 0.526. The van der Waals surface area contributed by atoms with Gasteiger partial charge in [0.1, 0.15) is 0 Å². The summed E-state index contributed by atoms with van der Waals surface area (Å²) >= 11 is 11.2. The zero-order valence-corrected chi connectivity index (χ0v) is 14.4. The molecule has 0 aromatic carbocycles. The van der Waals surface area contributed by atoms with Crippen molar-refractivity contribution < 1.29 is 0 Å². The summed E-state index contributed by atoms with van der Waals surface area (Å²) < 4.78 is 1.07. The number of hydrogen-bond donors (Lipinski definition) is 1. The van der Waals surface area contributed by atoms with Crippen LogP contribution in [0.15, 0.2) is 9.85 Å². The van der Waals surface area contributed by atoms with E-state index in [0.717, 1.165) is 34.2 Å². The topological polar surface area (TPSA) is 12.0 Å². The fourth-order valence-electron chi connectivity index (χ4n) is 1.81. The SMILES string of the molecule is CC(C)CNCCCCCCc1cc(Cl)c(Br)s1. The maximum atomic E-state index is 6.01. The molecule has 0 saturated carbocycles. The van der Waals surface area contributed by atoms with E-state index in [1.165, 1.54) is 30.6 Å². The van der Waals surface area contributed by atoms with E-state index < -0.39 is 0 Å². The second kappa shape index (κ2) is 9.35. The summed E-state index contributed by atoms with van der Waals surface area (Å²) in [4.78, 5) is 1.39. The highest BCUT2D eigenvalue weighted by Crippen LogP contribution is 2.32. The number of unbranched alkanes of at least 4 members (excludes halogenated alkanes) is 3. The van der Waals surface area contributed by atoms with Crippen molar-refractivity contribution in [2.45, 2.75) is 46.0 Å². The van der Waals surface area contributed by atoms with Crippen LogP contribution in [0.4, 0.5) is 0 Å². The zero-order valence-electron chi connectivity index (χ0n) is 11.3. The van der Waals surface area contributed by atoms with Crippen LogP contribution in [-0.4, -0.2) is 13.1 Å². The Labute approximate surface area is 128 Å². The Balaban J connectivity index is 1.96. The van der Waals surface area contributed by atoms with E-state index >= 15 is 0 Å². The van der Waals surface area contributed by atoms with E-state index in [-0.39, 0.29) is 0 Å². The molecule has 104 valence electrons. The van der Waals surface area contributed by atoms with Gasteiger partial charge in [-0.2, -0.15) is 0 Å². The lowest BCUT2D eigenvalue weighted by Crippen LogP contribution is -2.20. The molecule has 0 radical (unpaired) electrons. The fourth-order valence-corrected chi connectivity index (χ4v) is 3.67. The van der Waals surface area contributed by atoms with Crippen molar-refractivity contribution in [2.24, 2.45) is 5.92 Å². The zero-order chi connectivity index (χ0) is 13.4. The van der Waals surface area contributed by atoms with Crippen LogP contribution in [0.1, 0.15) is 44.4 Å². The largest absolute Gasteiger partial charge is 0.316 e. The Morgan fingerprint density at radius 1 is 1.28 bits per heavy atom. The number of halogens is 2. The minimum absolute atomic E-state index is 0.757. The third kappa shape index (κ3) is 7.13. The first-order valence-electron chi connectivity index (χ1n) is 6.74. The molecule has 0 aliphatic carbocycles. The maximum absolute atomic E-state index is 6.01. The average Bonchev–Trinajstić information content (AvgIpc) is 2.62. The van der Waals surface area contributed by atoms with Gasteiger partial charge in [0.15, 0.2) is 0 Å². The minimum atomic E-state index is 0.757. The van der Waals surface area contributed by atoms with Crippen molar-refractivity contribution in [3.05, 3.63) is 19.8 Å². The third-order valence-electron chi connectivity index (χ3n) is 2.78. The second-order valence-electron chi connectivity index (χ2n) is 5.10. The molecule has 1 aromatic rings. The third-order valence-corrected chi connectivity index (χ3v) is 5.31. The van der Waals surface area contributed by atoms with Gasteiger partial charge in [0.25, 0.3) is 0 Å². The van der Waals surface area contributed by atoms with Gasteiger partial charge in [0, 0.05) is 4.88 Å². The standard InChI is InChI=1S/C14H23BrClNS/c1-11(2)10-17-8-6-4-3-5-7-12-9-13(16)14(15)18-12/h9,11,17H,3-8,10H2,1-2H3. The summed E-state index contributed by atoms with van der Waals surface area (Å²) in [5.74, 6) is 0.757. The lowest BCUT2D eigenvalue weighted by Gasteiger charge is -2.06. The van der Waals surface area contributed by atoms with Gasteiger partial charge in [-0.3, -0.25) is 0 Å². The minimum Gasteiger partial charge on any atom is -0.316 e. The molecule has 4 heteroatoms. The quantitative estimate of drug-likeness (QED) is 0.578. The number of aryl methyl sites for hydroxylation is 1. The van der Waals surface area contributed by atoms with Crippen molar-refractivity contribution >= 4 is 38.9 Å². The first-order chi connectivity index (χ1) is 8.59. The molecule has 0 saturated heterocycles. The van der Waals surface area contributed by atoms with Gasteiger partial charge in [0.2, 0.25) is 0 Å². The van der Waals surface area contributed by atoms with E-state index in [0.29, 0.717) is 0 Å². The van der Waals surface area contributed by atoms with Crippen LogP contribution < -0.4 is 5.32 Å². The monoisotopic (exact) mass is 351 g/mol. The van der Waals surface area contributed by atoms with Crippen LogP contribution >= 0.6 is 38.9 Å². The van der Waals surface area contributed by atoms with Gasteiger partial charge in [0.05, 0.1) is 8.81 Å². The van der Waals surface area contributed by atoms with Gasteiger partial charge >= 0.3 is 0 Å². The molecule has 1 nitrogen and oxygen atoms in total. The summed E-state index contributed by atoms with van der Waals surface area (Å²) in [6.07, 6.45) is 6.37. The molecular weight excluding hydrogens is 330 g/mol. The van der Waals surface area contributed by atoms with Gasteiger partial charge in [-0.15, -0.1) is 11.3 Å². The Hall–Kier alpha value is 0.430. The van der Waals surface area contributed by atoms with E-state index in [9.17, 15) is 0 Å².